The van der Waals surface area contributed by atoms with Crippen LogP contribution in [0.15, 0.2) is 24.3 Å². The molecule has 0 heterocycles. The Kier molecular flexibility index (Phi) is 6.62. The van der Waals surface area contributed by atoms with E-state index in [1.165, 1.54) is 7.11 Å². The van der Waals surface area contributed by atoms with E-state index in [0.29, 0.717) is 24.3 Å². The van der Waals surface area contributed by atoms with Crippen LogP contribution < -0.4 is 20.3 Å². The van der Waals surface area contributed by atoms with Gasteiger partial charge in [-0.05, 0) is 25.0 Å². The average molecular weight is 350 g/mol. The molecule has 0 saturated heterocycles. The predicted octanol–water partition coefficient (Wildman–Crippen LogP) is 1.11. The largest absolute Gasteiger partial charge is 0.493 e. The van der Waals surface area contributed by atoms with Crippen LogP contribution in [-0.4, -0.2) is 36.6 Å². The Balaban J connectivity index is 1.81. The second-order valence-electron chi connectivity index (χ2n) is 5.81. The monoisotopic (exact) mass is 350 g/mol. The number of aliphatic carboxylic acids is 1. The minimum absolute atomic E-state index is 0.312. The van der Waals surface area contributed by atoms with Crippen molar-refractivity contribution >= 4 is 17.8 Å². The van der Waals surface area contributed by atoms with Gasteiger partial charge in [0.2, 0.25) is 5.91 Å². The van der Waals surface area contributed by atoms with Gasteiger partial charge in [0.1, 0.15) is 0 Å². The van der Waals surface area contributed by atoms with Gasteiger partial charge in [0.05, 0.1) is 18.9 Å². The summed E-state index contributed by atoms with van der Waals surface area (Å²) in [6.07, 6.45) is 2.56. The molecule has 0 spiro atoms. The molecule has 2 rings (SSSR count). The highest BCUT2D eigenvalue weighted by Crippen LogP contribution is 2.30. The zero-order chi connectivity index (χ0) is 18.2. The second-order valence-corrected chi connectivity index (χ2v) is 5.81. The number of hydrogen-bond donors (Lipinski definition) is 3. The molecular formula is C17H22N2O6. The summed E-state index contributed by atoms with van der Waals surface area (Å²) in [4.78, 5) is 35.2. The van der Waals surface area contributed by atoms with Crippen LogP contribution in [0.5, 0.6) is 11.5 Å². The number of hydrogen-bond acceptors (Lipinski definition) is 5. The number of carbonyl (C=O) groups is 3. The molecule has 0 radical (unpaired) electrons. The molecule has 0 aliphatic heterocycles. The number of carboxylic acid groups (broad SMARTS) is 1. The van der Waals surface area contributed by atoms with Gasteiger partial charge in [0.25, 0.3) is 5.91 Å². The summed E-state index contributed by atoms with van der Waals surface area (Å²) in [6, 6.07) is 6.87. The maximum absolute atomic E-state index is 12.1. The molecule has 1 aliphatic carbocycles. The second kappa shape index (κ2) is 8.91. The van der Waals surface area contributed by atoms with E-state index in [1.807, 2.05) is 0 Å². The first-order valence-electron chi connectivity index (χ1n) is 8.10. The number of para-hydroxylation sites is 2. The van der Waals surface area contributed by atoms with Gasteiger partial charge in [-0.3, -0.25) is 25.2 Å². The fourth-order valence-electron chi connectivity index (χ4n) is 2.88. The van der Waals surface area contributed by atoms with Gasteiger partial charge in [-0.25, -0.2) is 0 Å². The molecule has 0 unspecified atom stereocenters. The highest BCUT2D eigenvalue weighted by atomic mass is 16.5. The highest BCUT2D eigenvalue weighted by molar-refractivity contribution is 5.87. The predicted molar refractivity (Wildman–Crippen MR) is 87.9 cm³/mol. The van der Waals surface area contributed by atoms with E-state index in [9.17, 15) is 19.5 Å². The Morgan fingerprint density at radius 1 is 1.08 bits per heavy atom. The van der Waals surface area contributed by atoms with Crippen molar-refractivity contribution < 1.29 is 29.0 Å². The maximum Gasteiger partial charge on any atom is 0.307 e. The zero-order valence-corrected chi connectivity index (χ0v) is 14.0. The molecule has 1 saturated carbocycles. The number of hydrazine groups is 1. The molecule has 0 aromatic heterocycles. The Morgan fingerprint density at radius 2 is 1.72 bits per heavy atom. The molecule has 0 bridgehead atoms. The van der Waals surface area contributed by atoms with Crippen molar-refractivity contribution in [3.8, 4) is 11.5 Å². The number of carboxylic acids is 1. The van der Waals surface area contributed by atoms with Crippen molar-refractivity contribution in [3.63, 3.8) is 0 Å². The number of rotatable bonds is 6. The fraction of sp³-hybridized carbons (Fsp3) is 0.471. The molecule has 1 aromatic rings. The van der Waals surface area contributed by atoms with Crippen molar-refractivity contribution in [2.24, 2.45) is 11.8 Å². The molecule has 2 atom stereocenters. The van der Waals surface area contributed by atoms with Crippen molar-refractivity contribution in [2.45, 2.75) is 25.7 Å². The van der Waals surface area contributed by atoms with Crippen molar-refractivity contribution in [3.05, 3.63) is 24.3 Å². The summed E-state index contributed by atoms with van der Waals surface area (Å²) in [7, 11) is 1.49. The van der Waals surface area contributed by atoms with Crippen molar-refractivity contribution in [1.29, 1.82) is 0 Å². The number of carbonyl (C=O) groups excluding carboxylic acids is 2. The third kappa shape index (κ3) is 5.10. The summed E-state index contributed by atoms with van der Waals surface area (Å²) in [5, 5.41) is 9.20. The lowest BCUT2D eigenvalue weighted by Crippen LogP contribution is -2.49. The maximum atomic E-state index is 12.1. The first-order chi connectivity index (χ1) is 12.0. The third-order valence-corrected chi connectivity index (χ3v) is 4.17. The van der Waals surface area contributed by atoms with E-state index in [4.69, 9.17) is 9.47 Å². The number of ether oxygens (including phenoxy) is 2. The quantitative estimate of drug-likeness (QED) is 0.662. The number of benzene rings is 1. The SMILES string of the molecule is COc1ccccc1OCC(=O)NNC(=O)[C@H]1CCCC[C@H]1C(=O)O. The van der Waals surface area contributed by atoms with Gasteiger partial charge in [-0.1, -0.05) is 25.0 Å². The summed E-state index contributed by atoms with van der Waals surface area (Å²) in [5.41, 5.74) is 4.54. The lowest BCUT2D eigenvalue weighted by Gasteiger charge is -2.27. The van der Waals surface area contributed by atoms with E-state index in [1.54, 1.807) is 24.3 Å². The Morgan fingerprint density at radius 3 is 2.36 bits per heavy atom. The first kappa shape index (κ1) is 18.6. The van der Waals surface area contributed by atoms with Gasteiger partial charge >= 0.3 is 5.97 Å². The lowest BCUT2D eigenvalue weighted by atomic mass is 9.79. The van der Waals surface area contributed by atoms with Crippen LogP contribution >= 0.6 is 0 Å². The molecular weight excluding hydrogens is 328 g/mol. The molecule has 1 aliphatic rings. The van der Waals surface area contributed by atoms with Gasteiger partial charge < -0.3 is 14.6 Å². The molecule has 25 heavy (non-hydrogen) atoms. The number of methoxy groups -OCH3 is 1. The van der Waals surface area contributed by atoms with Crippen LogP contribution in [0, 0.1) is 11.8 Å². The zero-order valence-electron chi connectivity index (χ0n) is 14.0. The molecule has 8 heteroatoms. The summed E-state index contributed by atoms with van der Waals surface area (Å²) < 4.78 is 10.5. The smallest absolute Gasteiger partial charge is 0.307 e. The van der Waals surface area contributed by atoms with Crippen molar-refractivity contribution in [1.82, 2.24) is 10.9 Å². The fourth-order valence-corrected chi connectivity index (χ4v) is 2.88. The van der Waals surface area contributed by atoms with Crippen LogP contribution in [0.4, 0.5) is 0 Å². The van der Waals surface area contributed by atoms with Crippen LogP contribution in [-0.2, 0) is 14.4 Å². The van der Waals surface area contributed by atoms with E-state index in [0.717, 1.165) is 12.8 Å². The summed E-state index contributed by atoms with van der Waals surface area (Å²) in [5.74, 6) is -2.47. The Bertz CT molecular complexity index is 633. The molecule has 8 nitrogen and oxygen atoms in total. The average Bonchev–Trinajstić information content (AvgIpc) is 2.64. The molecule has 1 fully saturated rings. The van der Waals surface area contributed by atoms with Gasteiger partial charge in [-0.2, -0.15) is 0 Å². The summed E-state index contributed by atoms with van der Waals surface area (Å²) in [6.45, 7) is -0.312. The summed E-state index contributed by atoms with van der Waals surface area (Å²) >= 11 is 0. The van der Waals surface area contributed by atoms with E-state index in [-0.39, 0.29) is 6.61 Å². The van der Waals surface area contributed by atoms with Gasteiger partial charge in [0.15, 0.2) is 18.1 Å². The molecule has 2 amide bonds. The van der Waals surface area contributed by atoms with Crippen LogP contribution in [0.2, 0.25) is 0 Å². The molecule has 136 valence electrons. The van der Waals surface area contributed by atoms with Crippen LogP contribution in [0.1, 0.15) is 25.7 Å². The topological polar surface area (TPSA) is 114 Å². The minimum atomic E-state index is -0.981. The lowest BCUT2D eigenvalue weighted by molar-refractivity contribution is -0.149. The minimum Gasteiger partial charge on any atom is -0.493 e. The molecule has 1 aromatic carbocycles. The highest BCUT2D eigenvalue weighted by Gasteiger charge is 2.35. The number of amides is 2. The Hall–Kier alpha value is -2.77. The van der Waals surface area contributed by atoms with E-state index >= 15 is 0 Å². The van der Waals surface area contributed by atoms with Gasteiger partial charge in [0, 0.05) is 0 Å². The van der Waals surface area contributed by atoms with E-state index in [2.05, 4.69) is 10.9 Å². The van der Waals surface area contributed by atoms with Crippen LogP contribution in [0.3, 0.4) is 0 Å². The van der Waals surface area contributed by atoms with Crippen molar-refractivity contribution in [2.75, 3.05) is 13.7 Å². The normalized spacial score (nSPS) is 19.6. The number of nitrogens with one attached hydrogen (secondary N) is 2. The standard InChI is InChI=1S/C17H22N2O6/c1-24-13-8-4-5-9-14(13)25-10-15(20)18-19-16(21)11-6-2-3-7-12(11)17(22)23/h4-5,8-9,11-12H,2-3,6-7,10H2,1H3,(H,18,20)(H,19,21)(H,22,23)/t11-,12+/m0/s1. The first-order valence-corrected chi connectivity index (χ1v) is 8.10. The Labute approximate surface area is 145 Å². The van der Waals surface area contributed by atoms with Crippen LogP contribution in [0.25, 0.3) is 0 Å². The molecule has 3 N–H and O–H groups in total. The third-order valence-electron chi connectivity index (χ3n) is 4.17. The van der Waals surface area contributed by atoms with E-state index < -0.39 is 29.6 Å². The van der Waals surface area contributed by atoms with Gasteiger partial charge in [-0.15, -0.1) is 0 Å².